The molecule has 0 aliphatic carbocycles. The monoisotopic (exact) mass is 360 g/mol. The molecule has 1 amide bonds. The lowest BCUT2D eigenvalue weighted by atomic mass is 10.0. The molecule has 7 heteroatoms. The molecule has 1 saturated heterocycles. The number of likely N-dealkylation sites (tertiary alicyclic amines) is 1. The van der Waals surface area contributed by atoms with Crippen molar-refractivity contribution in [2.24, 2.45) is 5.73 Å². The molecule has 1 aliphatic rings. The Morgan fingerprint density at radius 3 is 2.81 bits per heavy atom. The van der Waals surface area contributed by atoms with E-state index < -0.39 is 0 Å². The predicted molar refractivity (Wildman–Crippen MR) is 95.5 cm³/mol. The second kappa shape index (κ2) is 8.89. The number of benzene rings is 1. The quantitative estimate of drug-likeness (QED) is 0.765. The molecule has 0 saturated carbocycles. The number of hydrogen-bond donors (Lipinski definition) is 1. The molecule has 6 nitrogen and oxygen atoms in total. The van der Waals surface area contributed by atoms with Crippen molar-refractivity contribution in [3.05, 3.63) is 36.0 Å². The van der Waals surface area contributed by atoms with Crippen LogP contribution in [0.1, 0.15) is 56.9 Å². The molecule has 2 N–H and O–H groups in total. The van der Waals surface area contributed by atoms with E-state index in [0.717, 1.165) is 38.5 Å². The molecule has 1 atom stereocenters. The van der Waals surface area contributed by atoms with Crippen molar-refractivity contribution >= 4 is 5.91 Å². The lowest BCUT2D eigenvalue weighted by molar-refractivity contribution is -0.135. The third-order valence-electron chi connectivity index (χ3n) is 4.75. The summed E-state index contributed by atoms with van der Waals surface area (Å²) in [6.45, 7) is 1.38. The van der Waals surface area contributed by atoms with E-state index in [0.29, 0.717) is 36.8 Å². The Labute approximate surface area is 152 Å². The van der Waals surface area contributed by atoms with Gasteiger partial charge in [-0.1, -0.05) is 11.6 Å². The van der Waals surface area contributed by atoms with E-state index in [1.54, 1.807) is 12.1 Å². The number of piperidine rings is 1. The predicted octanol–water partition coefficient (Wildman–Crippen LogP) is 3.45. The average Bonchev–Trinajstić information content (AvgIpc) is 3.16. The van der Waals surface area contributed by atoms with Gasteiger partial charge < -0.3 is 15.2 Å². The van der Waals surface area contributed by atoms with E-state index >= 15 is 0 Å². The molecule has 0 bridgehead atoms. The lowest BCUT2D eigenvalue weighted by Gasteiger charge is -2.33. The number of unbranched alkanes of at least 4 members (excludes halogenated alkanes) is 2. The number of halogens is 1. The first-order valence-corrected chi connectivity index (χ1v) is 9.28. The zero-order chi connectivity index (χ0) is 18.4. The first kappa shape index (κ1) is 18.5. The molecule has 0 spiro atoms. The Balaban J connectivity index is 1.69. The number of carbonyl (C=O) groups is 1. The first-order valence-electron chi connectivity index (χ1n) is 9.28. The molecule has 1 fully saturated rings. The molecule has 0 unspecified atom stereocenters. The van der Waals surface area contributed by atoms with E-state index in [4.69, 9.17) is 10.3 Å². The minimum atomic E-state index is -0.309. The Kier molecular flexibility index (Phi) is 6.33. The number of amides is 1. The van der Waals surface area contributed by atoms with Gasteiger partial charge in [0.15, 0.2) is 0 Å². The van der Waals surface area contributed by atoms with Crippen LogP contribution in [0.25, 0.3) is 11.4 Å². The normalized spacial score (nSPS) is 17.5. The van der Waals surface area contributed by atoms with Crippen LogP contribution in [0.2, 0.25) is 0 Å². The minimum absolute atomic E-state index is 0.133. The second-order valence-corrected chi connectivity index (χ2v) is 6.66. The second-order valence-electron chi connectivity index (χ2n) is 6.66. The molecule has 140 valence electrons. The number of hydrogen-bond acceptors (Lipinski definition) is 5. The van der Waals surface area contributed by atoms with Gasteiger partial charge in [-0.15, -0.1) is 0 Å². The highest BCUT2D eigenvalue weighted by Crippen LogP contribution is 2.31. The van der Waals surface area contributed by atoms with Crippen LogP contribution in [-0.4, -0.2) is 34.0 Å². The fourth-order valence-corrected chi connectivity index (χ4v) is 3.31. The summed E-state index contributed by atoms with van der Waals surface area (Å²) in [5, 5.41) is 4.01. The van der Waals surface area contributed by atoms with Gasteiger partial charge in [-0.05, 0) is 62.9 Å². The van der Waals surface area contributed by atoms with Crippen LogP contribution >= 0.6 is 0 Å². The summed E-state index contributed by atoms with van der Waals surface area (Å²) >= 11 is 0. The first-order chi connectivity index (χ1) is 12.7. The maximum Gasteiger partial charge on any atom is 0.249 e. The Bertz CT molecular complexity index is 717. The number of nitrogens with two attached hydrogens (primary N) is 1. The summed E-state index contributed by atoms with van der Waals surface area (Å²) in [6.07, 6.45) is 6.12. The third-order valence-corrected chi connectivity index (χ3v) is 4.75. The smallest absolute Gasteiger partial charge is 0.249 e. The summed E-state index contributed by atoms with van der Waals surface area (Å²) in [5.74, 6) is 0.699. The SMILES string of the molecule is NCCCCCC(=O)N1CCCC[C@H]1c1nc(-c2ccc(F)cc2)no1. The van der Waals surface area contributed by atoms with E-state index in [9.17, 15) is 9.18 Å². The Morgan fingerprint density at radius 1 is 1.23 bits per heavy atom. The van der Waals surface area contributed by atoms with Gasteiger partial charge in [0.05, 0.1) is 0 Å². The van der Waals surface area contributed by atoms with Crippen LogP contribution in [0.3, 0.4) is 0 Å². The third kappa shape index (κ3) is 4.46. The van der Waals surface area contributed by atoms with Crippen molar-refractivity contribution < 1.29 is 13.7 Å². The van der Waals surface area contributed by atoms with Gasteiger partial charge in [0.25, 0.3) is 0 Å². The van der Waals surface area contributed by atoms with Crippen molar-refractivity contribution in [1.29, 1.82) is 0 Å². The van der Waals surface area contributed by atoms with Crippen molar-refractivity contribution in [3.8, 4) is 11.4 Å². The highest BCUT2D eigenvalue weighted by molar-refractivity contribution is 5.76. The molecule has 2 aromatic rings. The van der Waals surface area contributed by atoms with Crippen LogP contribution in [0.5, 0.6) is 0 Å². The van der Waals surface area contributed by atoms with Crippen LogP contribution in [-0.2, 0) is 4.79 Å². The minimum Gasteiger partial charge on any atom is -0.337 e. The summed E-state index contributed by atoms with van der Waals surface area (Å²) in [7, 11) is 0. The Hall–Kier alpha value is -2.28. The van der Waals surface area contributed by atoms with Crippen LogP contribution < -0.4 is 5.73 Å². The van der Waals surface area contributed by atoms with E-state index in [1.165, 1.54) is 12.1 Å². The fourth-order valence-electron chi connectivity index (χ4n) is 3.31. The van der Waals surface area contributed by atoms with E-state index in [1.807, 2.05) is 4.90 Å². The summed E-state index contributed by atoms with van der Waals surface area (Å²) in [4.78, 5) is 19.0. The van der Waals surface area contributed by atoms with Gasteiger partial charge in [-0.3, -0.25) is 4.79 Å². The maximum absolute atomic E-state index is 13.1. The van der Waals surface area contributed by atoms with Crippen molar-refractivity contribution in [3.63, 3.8) is 0 Å². The van der Waals surface area contributed by atoms with Crippen molar-refractivity contribution in [1.82, 2.24) is 15.0 Å². The van der Waals surface area contributed by atoms with Gasteiger partial charge in [0.1, 0.15) is 11.9 Å². The number of aromatic nitrogens is 2. The van der Waals surface area contributed by atoms with Gasteiger partial charge in [-0.2, -0.15) is 4.98 Å². The molecule has 26 heavy (non-hydrogen) atoms. The number of rotatable bonds is 7. The molecule has 1 aliphatic heterocycles. The summed E-state index contributed by atoms with van der Waals surface area (Å²) < 4.78 is 18.5. The van der Waals surface area contributed by atoms with Gasteiger partial charge in [0, 0.05) is 18.5 Å². The molecular formula is C19H25FN4O2. The van der Waals surface area contributed by atoms with E-state index in [-0.39, 0.29) is 17.8 Å². The highest BCUT2D eigenvalue weighted by atomic mass is 19.1. The number of nitrogens with zero attached hydrogens (tertiary/aromatic N) is 3. The zero-order valence-corrected chi connectivity index (χ0v) is 14.9. The van der Waals surface area contributed by atoms with Crippen molar-refractivity contribution in [2.45, 2.75) is 51.0 Å². The van der Waals surface area contributed by atoms with Gasteiger partial charge in [0.2, 0.25) is 17.6 Å². The topological polar surface area (TPSA) is 85.3 Å². The van der Waals surface area contributed by atoms with Crippen molar-refractivity contribution in [2.75, 3.05) is 13.1 Å². The van der Waals surface area contributed by atoms with Crippen LogP contribution in [0.15, 0.2) is 28.8 Å². The van der Waals surface area contributed by atoms with Crippen LogP contribution in [0, 0.1) is 5.82 Å². The average molecular weight is 360 g/mol. The highest BCUT2D eigenvalue weighted by Gasteiger charge is 2.31. The summed E-state index contributed by atoms with van der Waals surface area (Å²) in [6, 6.07) is 5.79. The largest absolute Gasteiger partial charge is 0.337 e. The molecule has 1 aromatic heterocycles. The van der Waals surface area contributed by atoms with E-state index in [2.05, 4.69) is 10.1 Å². The van der Waals surface area contributed by atoms with Gasteiger partial charge in [-0.25, -0.2) is 4.39 Å². The van der Waals surface area contributed by atoms with Crippen LogP contribution in [0.4, 0.5) is 4.39 Å². The maximum atomic E-state index is 13.1. The number of carbonyl (C=O) groups excluding carboxylic acids is 1. The zero-order valence-electron chi connectivity index (χ0n) is 14.9. The summed E-state index contributed by atoms with van der Waals surface area (Å²) in [5.41, 5.74) is 6.19. The standard InChI is InChI=1S/C19H25FN4O2/c20-15-10-8-14(9-11-15)18-22-19(26-23-18)16-6-3-5-13-24(16)17(25)7-2-1-4-12-21/h8-11,16H,1-7,12-13,21H2/t16-/m0/s1. The fraction of sp³-hybridized carbons (Fsp3) is 0.526. The Morgan fingerprint density at radius 2 is 2.04 bits per heavy atom. The molecule has 0 radical (unpaired) electrons. The molecular weight excluding hydrogens is 335 g/mol. The molecule has 2 heterocycles. The lowest BCUT2D eigenvalue weighted by Crippen LogP contribution is -2.38. The molecule has 1 aromatic carbocycles. The van der Waals surface area contributed by atoms with Gasteiger partial charge >= 0.3 is 0 Å². The molecule has 3 rings (SSSR count).